The van der Waals surface area contributed by atoms with Crippen LogP contribution in [0.4, 0.5) is 0 Å². The topological polar surface area (TPSA) is 57.8 Å². The zero-order chi connectivity index (χ0) is 18.9. The van der Waals surface area contributed by atoms with Gasteiger partial charge in [0, 0.05) is 4.88 Å². The van der Waals surface area contributed by atoms with Crippen LogP contribution in [0.1, 0.15) is 44.0 Å². The summed E-state index contributed by atoms with van der Waals surface area (Å²) in [6.07, 6.45) is 4.09. The number of carbonyl (C=O) groups is 1. The number of H-pyrrole nitrogens is 1. The molecule has 5 rings (SSSR count). The Hall–Kier alpha value is -2.92. The van der Waals surface area contributed by atoms with Crippen molar-refractivity contribution in [3.63, 3.8) is 0 Å². The van der Waals surface area contributed by atoms with Crippen molar-refractivity contribution >= 4 is 28.3 Å². The van der Waals surface area contributed by atoms with Gasteiger partial charge in [0.15, 0.2) is 0 Å². The van der Waals surface area contributed by atoms with E-state index in [1.54, 1.807) is 11.3 Å². The Kier molecular flexibility index (Phi) is 4.45. The largest absolute Gasteiger partial charge is 0.341 e. The van der Waals surface area contributed by atoms with Crippen molar-refractivity contribution in [2.45, 2.75) is 31.7 Å². The van der Waals surface area contributed by atoms with Gasteiger partial charge in [-0.2, -0.15) is 0 Å². The second kappa shape index (κ2) is 7.24. The third-order valence-electron chi connectivity index (χ3n) is 5.30. The summed E-state index contributed by atoms with van der Waals surface area (Å²) in [5.41, 5.74) is 4.42. The van der Waals surface area contributed by atoms with Gasteiger partial charge in [0.2, 0.25) is 0 Å². The van der Waals surface area contributed by atoms with E-state index in [0.717, 1.165) is 34.6 Å². The molecule has 0 spiro atoms. The number of para-hydroxylation sites is 2. The monoisotopic (exact) mass is 387 g/mol. The number of nitrogens with zero attached hydrogens (tertiary/aromatic N) is 1. The maximum absolute atomic E-state index is 13.0. The predicted molar refractivity (Wildman–Crippen MR) is 113 cm³/mol. The average molecular weight is 388 g/mol. The lowest BCUT2D eigenvalue weighted by Gasteiger charge is -2.16. The highest BCUT2D eigenvalue weighted by Gasteiger charge is 2.23. The number of aromatic nitrogens is 2. The van der Waals surface area contributed by atoms with Gasteiger partial charge in [-0.3, -0.25) is 4.79 Å². The van der Waals surface area contributed by atoms with Crippen LogP contribution in [-0.4, -0.2) is 15.9 Å². The van der Waals surface area contributed by atoms with Crippen molar-refractivity contribution in [2.24, 2.45) is 0 Å². The summed E-state index contributed by atoms with van der Waals surface area (Å²) in [6, 6.07) is 20.0. The number of hydrogen-bond acceptors (Lipinski definition) is 3. The summed E-state index contributed by atoms with van der Waals surface area (Å²) in [4.78, 5) is 23.3. The van der Waals surface area contributed by atoms with Gasteiger partial charge in [-0.05, 0) is 55.0 Å². The molecule has 4 nitrogen and oxygen atoms in total. The molecular weight excluding hydrogens is 366 g/mol. The Morgan fingerprint density at radius 3 is 2.75 bits per heavy atom. The van der Waals surface area contributed by atoms with E-state index in [1.165, 1.54) is 22.4 Å². The van der Waals surface area contributed by atoms with E-state index < -0.39 is 0 Å². The molecule has 1 amide bonds. The normalized spacial score (nSPS) is 14.1. The molecule has 0 unspecified atom stereocenters. The summed E-state index contributed by atoms with van der Waals surface area (Å²) in [6.45, 7) is 0. The molecule has 2 aromatic carbocycles. The molecule has 0 fully saturated rings. The fourth-order valence-corrected chi connectivity index (χ4v) is 5.03. The number of nitrogens with one attached hydrogen (secondary N) is 2. The van der Waals surface area contributed by atoms with E-state index in [2.05, 4.69) is 28.5 Å². The van der Waals surface area contributed by atoms with E-state index in [4.69, 9.17) is 4.98 Å². The molecule has 0 bridgehead atoms. The fourth-order valence-electron chi connectivity index (χ4n) is 3.87. The number of aromatic amines is 1. The van der Waals surface area contributed by atoms with Gasteiger partial charge in [-0.1, -0.05) is 42.5 Å². The van der Waals surface area contributed by atoms with E-state index in [9.17, 15) is 4.79 Å². The number of aryl methyl sites for hydroxylation is 2. The molecule has 140 valence electrons. The Labute approximate surface area is 167 Å². The van der Waals surface area contributed by atoms with Gasteiger partial charge < -0.3 is 10.3 Å². The minimum atomic E-state index is -0.209. The number of imidazole rings is 1. The molecule has 1 aliphatic rings. The summed E-state index contributed by atoms with van der Waals surface area (Å²) < 4.78 is 0. The van der Waals surface area contributed by atoms with Crippen LogP contribution in [0, 0.1) is 0 Å². The number of fused-ring (bicyclic) bond motifs is 2. The number of benzene rings is 2. The highest BCUT2D eigenvalue weighted by atomic mass is 32.1. The molecule has 1 atom stereocenters. The first-order valence-corrected chi connectivity index (χ1v) is 10.5. The van der Waals surface area contributed by atoms with Crippen molar-refractivity contribution < 1.29 is 4.79 Å². The Morgan fingerprint density at radius 2 is 1.93 bits per heavy atom. The minimum absolute atomic E-state index is 0.0132. The van der Waals surface area contributed by atoms with Gasteiger partial charge in [0.05, 0.1) is 22.0 Å². The quantitative estimate of drug-likeness (QED) is 0.515. The van der Waals surface area contributed by atoms with E-state index in [0.29, 0.717) is 6.42 Å². The number of thiophene rings is 1. The van der Waals surface area contributed by atoms with E-state index in [1.807, 2.05) is 42.5 Å². The first-order chi connectivity index (χ1) is 13.8. The molecule has 1 aliphatic carbocycles. The maximum atomic E-state index is 13.0. The molecule has 5 heteroatoms. The first-order valence-electron chi connectivity index (χ1n) is 9.67. The van der Waals surface area contributed by atoms with Gasteiger partial charge in [0.25, 0.3) is 5.91 Å². The second-order valence-corrected chi connectivity index (χ2v) is 8.40. The van der Waals surface area contributed by atoms with Gasteiger partial charge >= 0.3 is 0 Å². The molecule has 0 saturated heterocycles. The molecule has 0 aliphatic heterocycles. The fraction of sp³-hybridized carbons (Fsp3) is 0.217. The Balaban J connectivity index is 1.45. The number of rotatable bonds is 5. The van der Waals surface area contributed by atoms with Crippen LogP contribution < -0.4 is 5.32 Å². The van der Waals surface area contributed by atoms with E-state index >= 15 is 0 Å². The number of amides is 1. The zero-order valence-electron chi connectivity index (χ0n) is 15.4. The van der Waals surface area contributed by atoms with Crippen LogP contribution >= 0.6 is 11.3 Å². The van der Waals surface area contributed by atoms with Gasteiger partial charge in [0.1, 0.15) is 5.82 Å². The summed E-state index contributed by atoms with van der Waals surface area (Å²) in [7, 11) is 0. The first kappa shape index (κ1) is 17.2. The average Bonchev–Trinajstić information content (AvgIpc) is 3.42. The second-order valence-electron chi connectivity index (χ2n) is 7.27. The zero-order valence-corrected chi connectivity index (χ0v) is 16.3. The number of carbonyl (C=O) groups excluding carboxylic acids is 1. The maximum Gasteiger partial charge on any atom is 0.261 e. The minimum Gasteiger partial charge on any atom is -0.341 e. The van der Waals surface area contributed by atoms with Crippen molar-refractivity contribution in [3.05, 3.63) is 87.4 Å². The summed E-state index contributed by atoms with van der Waals surface area (Å²) in [5, 5.41) is 3.23. The van der Waals surface area contributed by atoms with Crippen molar-refractivity contribution in [1.29, 1.82) is 0 Å². The van der Waals surface area contributed by atoms with Gasteiger partial charge in [-0.15, -0.1) is 11.3 Å². The smallest absolute Gasteiger partial charge is 0.261 e. The third-order valence-corrected chi connectivity index (χ3v) is 6.53. The van der Waals surface area contributed by atoms with Crippen LogP contribution in [0.3, 0.4) is 0 Å². The van der Waals surface area contributed by atoms with Crippen LogP contribution in [0.5, 0.6) is 0 Å². The lowest BCUT2D eigenvalue weighted by Crippen LogP contribution is -2.30. The lowest BCUT2D eigenvalue weighted by molar-refractivity contribution is 0.0939. The molecule has 4 aromatic rings. The summed E-state index contributed by atoms with van der Waals surface area (Å²) in [5.74, 6) is 0.781. The highest BCUT2D eigenvalue weighted by Crippen LogP contribution is 2.31. The molecule has 2 heterocycles. The van der Waals surface area contributed by atoms with Crippen molar-refractivity contribution in [2.75, 3.05) is 0 Å². The van der Waals surface area contributed by atoms with Crippen LogP contribution in [0.2, 0.25) is 0 Å². The van der Waals surface area contributed by atoms with Crippen LogP contribution in [-0.2, 0) is 19.3 Å². The van der Waals surface area contributed by atoms with Crippen LogP contribution in [0.15, 0.2) is 60.7 Å². The third kappa shape index (κ3) is 3.34. The van der Waals surface area contributed by atoms with Crippen molar-refractivity contribution in [1.82, 2.24) is 15.3 Å². The molecular formula is C23H21N3OS. The standard InChI is InChI=1S/C23H21N3OS/c27-23(21-14-16-9-6-12-20(16)28-21)26-19(13-15-7-2-1-3-8-15)22-24-17-10-4-5-11-18(17)25-22/h1-5,7-8,10-11,14,19H,6,9,12-13H2,(H,24,25)(H,26,27)/t19-/m1/s1. The molecule has 0 saturated carbocycles. The molecule has 2 aromatic heterocycles. The lowest BCUT2D eigenvalue weighted by atomic mass is 10.1. The van der Waals surface area contributed by atoms with Crippen LogP contribution in [0.25, 0.3) is 11.0 Å². The SMILES string of the molecule is O=C(N[C@H](Cc1ccccc1)c1nc2ccccc2[nH]1)c1cc2c(s1)CCC2. The summed E-state index contributed by atoms with van der Waals surface area (Å²) >= 11 is 1.64. The highest BCUT2D eigenvalue weighted by molar-refractivity contribution is 7.14. The Morgan fingerprint density at radius 1 is 1.11 bits per heavy atom. The van der Waals surface area contributed by atoms with Gasteiger partial charge in [-0.25, -0.2) is 4.98 Å². The molecule has 28 heavy (non-hydrogen) atoms. The number of hydrogen-bond donors (Lipinski definition) is 2. The molecule has 2 N–H and O–H groups in total. The Bertz CT molecular complexity index is 1070. The predicted octanol–water partition coefficient (Wildman–Crippen LogP) is 4.83. The van der Waals surface area contributed by atoms with E-state index in [-0.39, 0.29) is 11.9 Å². The van der Waals surface area contributed by atoms with Crippen molar-refractivity contribution in [3.8, 4) is 0 Å². The molecule has 0 radical (unpaired) electrons.